The summed E-state index contributed by atoms with van der Waals surface area (Å²) in [5.74, 6) is -2.69. The molecule has 40 heavy (non-hydrogen) atoms. The van der Waals surface area contributed by atoms with E-state index in [4.69, 9.17) is 15.2 Å². The van der Waals surface area contributed by atoms with Crippen LogP contribution in [0.5, 0.6) is 0 Å². The average molecular weight is 555 g/mol. The van der Waals surface area contributed by atoms with Crippen molar-refractivity contribution in [2.45, 2.75) is 49.3 Å². The second-order valence-corrected chi connectivity index (χ2v) is 10.4. The Balaban J connectivity index is 1.32. The van der Waals surface area contributed by atoms with Crippen LogP contribution in [-0.4, -0.2) is 54.9 Å². The van der Waals surface area contributed by atoms with Gasteiger partial charge in [-0.25, -0.2) is 13.2 Å². The highest BCUT2D eigenvalue weighted by atomic mass is 19.1. The predicted molar refractivity (Wildman–Crippen MR) is 144 cm³/mol. The zero-order chi connectivity index (χ0) is 28.1. The van der Waals surface area contributed by atoms with Crippen molar-refractivity contribution in [1.29, 1.82) is 0 Å². The number of nitrogens with two attached hydrogens (primary N) is 1. The Morgan fingerprint density at radius 3 is 2.27 bits per heavy atom. The Morgan fingerprint density at radius 1 is 1.02 bits per heavy atom. The number of hydrogen-bond donors (Lipinski definition) is 3. The third kappa shape index (κ3) is 6.52. The van der Waals surface area contributed by atoms with Gasteiger partial charge in [0.25, 0.3) is 0 Å². The first-order valence-electron chi connectivity index (χ1n) is 13.5. The summed E-state index contributed by atoms with van der Waals surface area (Å²) in [4.78, 5) is 17.4. The van der Waals surface area contributed by atoms with Gasteiger partial charge >= 0.3 is 0 Å². The first kappa shape index (κ1) is 28.2. The molecule has 3 aromatic rings. The Kier molecular flexibility index (Phi) is 8.80. The van der Waals surface area contributed by atoms with Crippen LogP contribution in [0.25, 0.3) is 0 Å². The summed E-state index contributed by atoms with van der Waals surface area (Å²) in [5, 5.41) is 6.19. The van der Waals surface area contributed by atoms with Crippen molar-refractivity contribution >= 4 is 11.6 Å². The summed E-state index contributed by atoms with van der Waals surface area (Å²) < 4.78 is 54.2. The van der Waals surface area contributed by atoms with Gasteiger partial charge < -0.3 is 25.8 Å². The van der Waals surface area contributed by atoms with Gasteiger partial charge in [0, 0.05) is 50.6 Å². The van der Waals surface area contributed by atoms with Crippen molar-refractivity contribution in [2.24, 2.45) is 5.73 Å². The molecule has 10 heteroatoms. The van der Waals surface area contributed by atoms with Gasteiger partial charge in [-0.05, 0) is 48.2 Å². The molecule has 3 heterocycles. The van der Waals surface area contributed by atoms with Crippen LogP contribution < -0.4 is 16.4 Å². The fraction of sp³-hybridized carbons (Fsp3) is 0.400. The van der Waals surface area contributed by atoms with E-state index in [1.807, 2.05) is 0 Å². The van der Waals surface area contributed by atoms with Crippen LogP contribution in [0, 0.1) is 17.5 Å². The van der Waals surface area contributed by atoms with Crippen molar-refractivity contribution in [2.75, 3.05) is 31.6 Å². The summed E-state index contributed by atoms with van der Waals surface area (Å²) in [5.41, 5.74) is 7.89. The van der Waals surface area contributed by atoms with Crippen molar-refractivity contribution < 1.29 is 27.4 Å². The molecule has 0 aliphatic carbocycles. The largest absolute Gasteiger partial charge is 0.381 e. The standard InChI is InChI=1S/C30H33F3N4O3/c31-21-5-1-19(2-6-21)27(20-3-7-22(32)8-4-20)28(34)29(38)37-26-17-35-16-25(33)24(26)10-9-23-15-36-18-30(40-23)11-13-39-14-12-30/h1-8,16-17,23,27-28,36H,9-15,18,34H2,(H,37,38). The zero-order valence-electron chi connectivity index (χ0n) is 22.0. The van der Waals surface area contributed by atoms with Gasteiger partial charge in [-0.3, -0.25) is 9.78 Å². The minimum Gasteiger partial charge on any atom is -0.381 e. The topological polar surface area (TPSA) is 98.5 Å². The van der Waals surface area contributed by atoms with Crippen molar-refractivity contribution in [1.82, 2.24) is 10.3 Å². The molecule has 4 N–H and O–H groups in total. The Hall–Kier alpha value is -3.31. The van der Waals surface area contributed by atoms with Crippen LogP contribution in [-0.2, 0) is 20.7 Å². The minimum absolute atomic E-state index is 0.119. The molecule has 2 aliphatic rings. The SMILES string of the molecule is NC(C(=O)Nc1cncc(F)c1CCC1CNCC2(CCOCC2)O1)C(c1ccc(F)cc1)c1ccc(F)cc1. The van der Waals surface area contributed by atoms with E-state index in [1.165, 1.54) is 54.7 Å². The monoisotopic (exact) mass is 554 g/mol. The smallest absolute Gasteiger partial charge is 0.242 e. The van der Waals surface area contributed by atoms with E-state index in [2.05, 4.69) is 15.6 Å². The van der Waals surface area contributed by atoms with E-state index in [-0.39, 0.29) is 17.4 Å². The summed E-state index contributed by atoms with van der Waals surface area (Å²) in [6.45, 7) is 2.72. The van der Waals surface area contributed by atoms with E-state index >= 15 is 0 Å². The van der Waals surface area contributed by atoms with Gasteiger partial charge in [0.05, 0.1) is 35.8 Å². The number of halogens is 3. The van der Waals surface area contributed by atoms with E-state index in [1.54, 1.807) is 0 Å². The number of nitrogens with one attached hydrogen (secondary N) is 2. The number of nitrogens with zero attached hydrogens (tertiary/aromatic N) is 1. The number of carbonyl (C=O) groups excluding carboxylic acids is 1. The Morgan fingerprint density at radius 2 is 1.65 bits per heavy atom. The number of morpholine rings is 1. The first-order valence-corrected chi connectivity index (χ1v) is 13.5. The van der Waals surface area contributed by atoms with Crippen molar-refractivity contribution in [3.05, 3.63) is 95.1 Å². The summed E-state index contributed by atoms with van der Waals surface area (Å²) in [7, 11) is 0. The lowest BCUT2D eigenvalue weighted by molar-refractivity contribution is -0.160. The number of hydrogen-bond acceptors (Lipinski definition) is 6. The number of anilines is 1. The third-order valence-electron chi connectivity index (χ3n) is 7.74. The van der Waals surface area contributed by atoms with Crippen LogP contribution in [0.4, 0.5) is 18.9 Å². The van der Waals surface area contributed by atoms with Crippen molar-refractivity contribution in [3.8, 4) is 0 Å². The van der Waals surface area contributed by atoms with Crippen LogP contribution in [0.3, 0.4) is 0 Å². The summed E-state index contributed by atoms with van der Waals surface area (Å²) in [6, 6.07) is 10.1. The van der Waals surface area contributed by atoms with Gasteiger partial charge in [0.15, 0.2) is 0 Å². The normalized spacial score (nSPS) is 19.5. The van der Waals surface area contributed by atoms with Crippen LogP contribution >= 0.6 is 0 Å². The van der Waals surface area contributed by atoms with Crippen LogP contribution in [0.2, 0.25) is 0 Å². The maximum Gasteiger partial charge on any atom is 0.242 e. The Bertz CT molecular complexity index is 1250. The van der Waals surface area contributed by atoms with Gasteiger partial charge in [-0.2, -0.15) is 0 Å². The fourth-order valence-electron chi connectivity index (χ4n) is 5.54. The van der Waals surface area contributed by atoms with E-state index < -0.39 is 35.3 Å². The first-order chi connectivity index (χ1) is 19.3. The highest BCUT2D eigenvalue weighted by Crippen LogP contribution is 2.32. The van der Waals surface area contributed by atoms with Gasteiger partial charge in [0.1, 0.15) is 17.5 Å². The summed E-state index contributed by atoms with van der Waals surface area (Å²) in [6.07, 6.45) is 4.87. The molecular formula is C30H33F3N4O3. The maximum atomic E-state index is 15.0. The molecule has 1 spiro atoms. The molecule has 2 unspecified atom stereocenters. The van der Waals surface area contributed by atoms with Gasteiger partial charge in [0.2, 0.25) is 5.91 Å². The summed E-state index contributed by atoms with van der Waals surface area (Å²) >= 11 is 0. The zero-order valence-corrected chi connectivity index (χ0v) is 22.0. The van der Waals surface area contributed by atoms with Crippen LogP contribution in [0.1, 0.15) is 41.9 Å². The van der Waals surface area contributed by atoms with Crippen molar-refractivity contribution in [3.63, 3.8) is 0 Å². The minimum atomic E-state index is -1.15. The number of ether oxygens (including phenoxy) is 2. The van der Waals surface area contributed by atoms with Gasteiger partial charge in [-0.15, -0.1) is 0 Å². The molecule has 0 bridgehead atoms. The molecule has 2 aromatic carbocycles. The molecule has 0 radical (unpaired) electrons. The number of aromatic nitrogens is 1. The number of pyridine rings is 1. The molecule has 5 rings (SSSR count). The number of benzene rings is 2. The Labute approximate surface area is 231 Å². The van der Waals surface area contributed by atoms with E-state index in [0.29, 0.717) is 49.3 Å². The van der Waals surface area contributed by atoms with Crippen LogP contribution in [0.15, 0.2) is 60.9 Å². The molecular weight excluding hydrogens is 521 g/mol. The number of rotatable bonds is 8. The second-order valence-electron chi connectivity index (χ2n) is 10.4. The van der Waals surface area contributed by atoms with E-state index in [9.17, 15) is 18.0 Å². The lowest BCUT2D eigenvalue weighted by Crippen LogP contribution is -2.56. The molecule has 2 atom stereocenters. The molecule has 1 aromatic heterocycles. The molecule has 2 fully saturated rings. The third-order valence-corrected chi connectivity index (χ3v) is 7.74. The van der Waals surface area contributed by atoms with E-state index in [0.717, 1.165) is 25.6 Å². The molecule has 2 aliphatic heterocycles. The lowest BCUT2D eigenvalue weighted by atomic mass is 9.85. The second kappa shape index (κ2) is 12.5. The quantitative estimate of drug-likeness (QED) is 0.389. The number of amides is 1. The molecule has 2 saturated heterocycles. The fourth-order valence-corrected chi connectivity index (χ4v) is 5.54. The maximum absolute atomic E-state index is 15.0. The highest BCUT2D eigenvalue weighted by Gasteiger charge is 2.38. The molecule has 0 saturated carbocycles. The molecule has 1 amide bonds. The molecule has 212 valence electrons. The highest BCUT2D eigenvalue weighted by molar-refractivity contribution is 5.96. The number of carbonyl (C=O) groups is 1. The average Bonchev–Trinajstić information content (AvgIpc) is 2.95. The predicted octanol–water partition coefficient (Wildman–Crippen LogP) is 4.07. The lowest BCUT2D eigenvalue weighted by Gasteiger charge is -2.44. The van der Waals surface area contributed by atoms with Gasteiger partial charge in [-0.1, -0.05) is 24.3 Å². The molecule has 7 nitrogen and oxygen atoms in total.